The molecule has 0 aliphatic heterocycles. The highest BCUT2D eigenvalue weighted by Crippen LogP contribution is 2.25. The average molecular weight is 214 g/mol. The van der Waals surface area contributed by atoms with E-state index in [0.29, 0.717) is 0 Å². The number of carbonyl (C=O) groups is 1. The van der Waals surface area contributed by atoms with Gasteiger partial charge in [-0.1, -0.05) is 0 Å². The van der Waals surface area contributed by atoms with E-state index in [0.717, 1.165) is 6.20 Å². The number of carboxylic acids is 1. The van der Waals surface area contributed by atoms with Crippen LogP contribution in [0.15, 0.2) is 6.20 Å². The molecule has 0 bridgehead atoms. The van der Waals surface area contributed by atoms with E-state index in [1.165, 1.54) is 0 Å². The van der Waals surface area contributed by atoms with Gasteiger partial charge in [-0.05, 0) is 0 Å². The monoisotopic (exact) mass is 214 g/mol. The molecule has 0 radical (unpaired) electrons. The molecule has 1 heterocycles. The standard InChI is InChI=1S/C7H10N4O4/c8-2-4(1-6(12)13)7-5(11(14)15)3-9-10-7/h3-4H,1-2,8H2,(H,9,10)(H,12,13). The predicted molar refractivity (Wildman–Crippen MR) is 49.3 cm³/mol. The fourth-order valence-electron chi connectivity index (χ4n) is 1.25. The molecule has 8 heteroatoms. The molecule has 0 fully saturated rings. The van der Waals surface area contributed by atoms with Crippen LogP contribution in [0.1, 0.15) is 18.0 Å². The van der Waals surface area contributed by atoms with Gasteiger partial charge in [0.25, 0.3) is 0 Å². The van der Waals surface area contributed by atoms with Crippen molar-refractivity contribution in [3.63, 3.8) is 0 Å². The van der Waals surface area contributed by atoms with Crippen molar-refractivity contribution in [1.29, 1.82) is 0 Å². The lowest BCUT2D eigenvalue weighted by molar-refractivity contribution is -0.385. The molecule has 15 heavy (non-hydrogen) atoms. The molecule has 0 aliphatic rings. The lowest BCUT2D eigenvalue weighted by Gasteiger charge is -2.08. The van der Waals surface area contributed by atoms with Crippen molar-refractivity contribution in [1.82, 2.24) is 10.2 Å². The Morgan fingerprint density at radius 3 is 2.93 bits per heavy atom. The lowest BCUT2D eigenvalue weighted by Crippen LogP contribution is -2.17. The van der Waals surface area contributed by atoms with Crippen LogP contribution in [0.4, 0.5) is 5.69 Å². The maximum Gasteiger partial charge on any atom is 0.310 e. The second-order valence-electron chi connectivity index (χ2n) is 2.96. The zero-order chi connectivity index (χ0) is 11.4. The number of aromatic nitrogens is 2. The van der Waals surface area contributed by atoms with Gasteiger partial charge in [0.1, 0.15) is 11.9 Å². The zero-order valence-corrected chi connectivity index (χ0v) is 7.71. The van der Waals surface area contributed by atoms with Crippen LogP contribution in [-0.4, -0.2) is 32.7 Å². The largest absolute Gasteiger partial charge is 0.481 e. The average Bonchev–Trinajstić information content (AvgIpc) is 2.62. The van der Waals surface area contributed by atoms with Gasteiger partial charge in [-0.25, -0.2) is 0 Å². The number of carboxylic acid groups (broad SMARTS) is 1. The van der Waals surface area contributed by atoms with Crippen molar-refractivity contribution in [2.45, 2.75) is 12.3 Å². The Kier molecular flexibility index (Phi) is 3.34. The van der Waals surface area contributed by atoms with Crippen molar-refractivity contribution in [2.75, 3.05) is 6.54 Å². The fraction of sp³-hybridized carbons (Fsp3) is 0.429. The molecule has 0 saturated carbocycles. The van der Waals surface area contributed by atoms with E-state index in [9.17, 15) is 14.9 Å². The van der Waals surface area contributed by atoms with Gasteiger partial charge in [0.2, 0.25) is 0 Å². The van der Waals surface area contributed by atoms with Crippen molar-refractivity contribution >= 4 is 11.7 Å². The van der Waals surface area contributed by atoms with Crippen molar-refractivity contribution in [3.05, 3.63) is 22.0 Å². The zero-order valence-electron chi connectivity index (χ0n) is 7.71. The van der Waals surface area contributed by atoms with E-state index in [1.54, 1.807) is 0 Å². The van der Waals surface area contributed by atoms with E-state index in [1.807, 2.05) is 0 Å². The number of hydrogen-bond donors (Lipinski definition) is 3. The molecular weight excluding hydrogens is 204 g/mol. The van der Waals surface area contributed by atoms with E-state index in [4.69, 9.17) is 10.8 Å². The Labute approximate surface area is 84.2 Å². The Bertz CT molecular complexity index is 375. The van der Waals surface area contributed by atoms with Gasteiger partial charge in [-0.2, -0.15) is 5.10 Å². The summed E-state index contributed by atoms with van der Waals surface area (Å²) in [5.74, 6) is -1.68. The SMILES string of the molecule is NCC(CC(=O)O)c1[nH]ncc1[N+](=O)[O-]. The number of aliphatic carboxylic acids is 1. The molecule has 4 N–H and O–H groups in total. The minimum absolute atomic E-state index is 0.00926. The summed E-state index contributed by atoms with van der Waals surface area (Å²) < 4.78 is 0. The maximum atomic E-state index is 10.5. The first-order chi connectivity index (χ1) is 7.06. The number of aromatic amines is 1. The molecule has 1 aromatic rings. The molecule has 8 nitrogen and oxygen atoms in total. The van der Waals surface area contributed by atoms with Crippen LogP contribution in [0, 0.1) is 10.1 Å². The van der Waals surface area contributed by atoms with Crippen LogP contribution < -0.4 is 5.73 Å². The van der Waals surface area contributed by atoms with Crippen molar-refractivity contribution < 1.29 is 14.8 Å². The molecule has 1 unspecified atom stereocenters. The van der Waals surface area contributed by atoms with E-state index in [-0.39, 0.29) is 24.3 Å². The number of nitrogens with zero attached hydrogens (tertiary/aromatic N) is 2. The summed E-state index contributed by atoms with van der Waals surface area (Å²) in [5.41, 5.74) is 5.28. The third-order valence-electron chi connectivity index (χ3n) is 1.96. The molecule has 82 valence electrons. The van der Waals surface area contributed by atoms with Crippen molar-refractivity contribution in [2.24, 2.45) is 5.73 Å². The number of nitrogens with one attached hydrogen (secondary N) is 1. The summed E-state index contributed by atoms with van der Waals surface area (Å²) in [6.45, 7) is 0.00926. The first-order valence-electron chi connectivity index (χ1n) is 4.15. The normalized spacial score (nSPS) is 12.3. The number of H-pyrrole nitrogens is 1. The highest BCUT2D eigenvalue weighted by atomic mass is 16.6. The van der Waals surface area contributed by atoms with Gasteiger partial charge in [0.15, 0.2) is 0 Å². The summed E-state index contributed by atoms with van der Waals surface area (Å²) in [4.78, 5) is 20.4. The van der Waals surface area contributed by atoms with Gasteiger partial charge >= 0.3 is 11.7 Å². The van der Waals surface area contributed by atoms with Crippen LogP contribution in [-0.2, 0) is 4.79 Å². The van der Waals surface area contributed by atoms with Crippen LogP contribution in [0.25, 0.3) is 0 Å². The molecule has 1 aromatic heterocycles. The third-order valence-corrected chi connectivity index (χ3v) is 1.96. The number of hydrogen-bond acceptors (Lipinski definition) is 5. The van der Waals surface area contributed by atoms with Crippen LogP contribution in [0.5, 0.6) is 0 Å². The predicted octanol–water partition coefficient (Wildman–Crippen LogP) is -0.165. The molecule has 1 atom stereocenters. The van der Waals surface area contributed by atoms with Gasteiger partial charge in [-0.15, -0.1) is 0 Å². The molecular formula is C7H10N4O4. The van der Waals surface area contributed by atoms with Crippen LogP contribution in [0.2, 0.25) is 0 Å². The fourth-order valence-corrected chi connectivity index (χ4v) is 1.25. The minimum Gasteiger partial charge on any atom is -0.481 e. The van der Waals surface area contributed by atoms with Crippen LogP contribution in [0.3, 0.4) is 0 Å². The first kappa shape index (κ1) is 11.1. The number of nitrogens with two attached hydrogens (primary N) is 1. The molecule has 1 rings (SSSR count). The summed E-state index contributed by atoms with van der Waals surface area (Å²) in [6.07, 6.45) is 0.777. The summed E-state index contributed by atoms with van der Waals surface area (Å²) >= 11 is 0. The van der Waals surface area contributed by atoms with E-state index in [2.05, 4.69) is 10.2 Å². The van der Waals surface area contributed by atoms with Gasteiger partial charge in [0.05, 0.1) is 11.3 Å². The maximum absolute atomic E-state index is 10.5. The Morgan fingerprint density at radius 1 is 1.80 bits per heavy atom. The highest BCUT2D eigenvalue weighted by Gasteiger charge is 2.25. The molecule has 0 amide bonds. The quantitative estimate of drug-likeness (QED) is 0.460. The second kappa shape index (κ2) is 4.51. The smallest absolute Gasteiger partial charge is 0.310 e. The minimum atomic E-state index is -1.06. The van der Waals surface area contributed by atoms with Gasteiger partial charge in [-0.3, -0.25) is 20.0 Å². The molecule has 0 aliphatic carbocycles. The van der Waals surface area contributed by atoms with E-state index < -0.39 is 16.8 Å². The second-order valence-corrected chi connectivity index (χ2v) is 2.96. The molecule has 0 aromatic carbocycles. The van der Waals surface area contributed by atoms with Gasteiger partial charge in [0, 0.05) is 12.5 Å². The molecule has 0 spiro atoms. The van der Waals surface area contributed by atoms with Gasteiger partial charge < -0.3 is 10.8 Å². The number of rotatable bonds is 5. The Morgan fingerprint density at radius 2 is 2.47 bits per heavy atom. The third kappa shape index (κ3) is 2.50. The first-order valence-corrected chi connectivity index (χ1v) is 4.15. The summed E-state index contributed by atoms with van der Waals surface area (Å²) in [6, 6.07) is 0. The summed E-state index contributed by atoms with van der Waals surface area (Å²) in [5, 5.41) is 25.0. The highest BCUT2D eigenvalue weighted by molar-refractivity contribution is 5.68. The van der Waals surface area contributed by atoms with Crippen molar-refractivity contribution in [3.8, 4) is 0 Å². The Balaban J connectivity index is 2.96. The summed E-state index contributed by atoms with van der Waals surface area (Å²) in [7, 11) is 0. The Hall–Kier alpha value is -1.96. The van der Waals surface area contributed by atoms with E-state index >= 15 is 0 Å². The van der Waals surface area contributed by atoms with Crippen LogP contribution >= 0.6 is 0 Å². The lowest BCUT2D eigenvalue weighted by atomic mass is 10.0. The number of nitro groups is 1. The topological polar surface area (TPSA) is 135 Å². The molecule has 0 saturated heterocycles.